The Morgan fingerprint density at radius 2 is 2.08 bits per heavy atom. The van der Waals surface area contributed by atoms with Crippen LogP contribution in [0, 0.1) is 5.92 Å². The quantitative estimate of drug-likeness (QED) is 0.840. The summed E-state index contributed by atoms with van der Waals surface area (Å²) >= 11 is 6.26. The van der Waals surface area contributed by atoms with Crippen LogP contribution in [0.3, 0.4) is 0 Å². The van der Waals surface area contributed by atoms with Crippen molar-refractivity contribution in [1.82, 2.24) is 9.88 Å². The van der Waals surface area contributed by atoms with Crippen LogP contribution in [0.4, 0.5) is 8.78 Å². The number of amides is 1. The van der Waals surface area contributed by atoms with Crippen molar-refractivity contribution in [1.29, 1.82) is 0 Å². The standard InChI is InChI=1S/C18H21ClF2N2O2/c19-14-2-1-3-15-16(14)13(11-23(15)8-9-24)17(25)22-10-12-4-6-18(20,21)7-5-12/h1-3,11-12,24H,4-10H2,(H,22,25). The van der Waals surface area contributed by atoms with E-state index in [-0.39, 0.29) is 31.3 Å². The number of nitrogens with one attached hydrogen (secondary N) is 1. The highest BCUT2D eigenvalue weighted by Crippen LogP contribution is 2.36. The maximum Gasteiger partial charge on any atom is 0.253 e. The lowest BCUT2D eigenvalue weighted by molar-refractivity contribution is -0.0452. The number of aliphatic hydroxyl groups is 1. The molecule has 0 saturated heterocycles. The van der Waals surface area contributed by atoms with Crippen LogP contribution >= 0.6 is 11.6 Å². The second-order valence-electron chi connectivity index (χ2n) is 6.60. The zero-order valence-electron chi connectivity index (χ0n) is 13.8. The van der Waals surface area contributed by atoms with Gasteiger partial charge < -0.3 is 15.0 Å². The van der Waals surface area contributed by atoms with E-state index in [0.717, 1.165) is 5.52 Å². The number of hydrogen-bond donors (Lipinski definition) is 2. The van der Waals surface area contributed by atoms with E-state index in [1.54, 1.807) is 22.9 Å². The van der Waals surface area contributed by atoms with Crippen LogP contribution in [0.2, 0.25) is 5.02 Å². The van der Waals surface area contributed by atoms with E-state index in [4.69, 9.17) is 11.6 Å². The zero-order chi connectivity index (χ0) is 18.0. The monoisotopic (exact) mass is 370 g/mol. The molecule has 1 amide bonds. The Morgan fingerprint density at radius 3 is 2.76 bits per heavy atom. The number of benzene rings is 1. The van der Waals surface area contributed by atoms with E-state index in [1.165, 1.54) is 0 Å². The number of rotatable bonds is 5. The van der Waals surface area contributed by atoms with Crippen LogP contribution in [0.1, 0.15) is 36.0 Å². The molecule has 25 heavy (non-hydrogen) atoms. The number of carbonyl (C=O) groups excluding carboxylic acids is 1. The summed E-state index contributed by atoms with van der Waals surface area (Å²) in [6.07, 6.45) is 2.28. The van der Waals surface area contributed by atoms with Gasteiger partial charge >= 0.3 is 0 Å². The number of aliphatic hydroxyl groups excluding tert-OH is 1. The highest BCUT2D eigenvalue weighted by molar-refractivity contribution is 6.36. The molecule has 2 aromatic rings. The molecule has 0 radical (unpaired) electrons. The molecule has 0 unspecified atom stereocenters. The topological polar surface area (TPSA) is 54.3 Å². The number of halogens is 3. The largest absolute Gasteiger partial charge is 0.395 e. The Morgan fingerprint density at radius 1 is 1.36 bits per heavy atom. The van der Waals surface area contributed by atoms with Gasteiger partial charge in [-0.15, -0.1) is 0 Å². The fourth-order valence-electron chi connectivity index (χ4n) is 3.41. The van der Waals surface area contributed by atoms with Gasteiger partial charge in [0.05, 0.1) is 22.7 Å². The lowest BCUT2D eigenvalue weighted by atomic mass is 9.87. The van der Waals surface area contributed by atoms with Crippen molar-refractivity contribution in [2.45, 2.75) is 38.2 Å². The molecule has 0 aliphatic heterocycles. The van der Waals surface area contributed by atoms with Gasteiger partial charge in [0, 0.05) is 37.5 Å². The Labute approximate surface area is 149 Å². The van der Waals surface area contributed by atoms with Crippen molar-refractivity contribution in [3.63, 3.8) is 0 Å². The Hall–Kier alpha value is -1.66. The Balaban J connectivity index is 1.74. The van der Waals surface area contributed by atoms with Crippen LogP contribution in [-0.4, -0.2) is 34.7 Å². The van der Waals surface area contributed by atoms with Crippen LogP contribution in [0.5, 0.6) is 0 Å². The first-order valence-electron chi connectivity index (χ1n) is 8.45. The molecule has 136 valence electrons. The van der Waals surface area contributed by atoms with E-state index in [0.29, 0.717) is 41.9 Å². The third-order valence-electron chi connectivity index (χ3n) is 4.83. The molecule has 0 bridgehead atoms. The molecule has 1 aromatic heterocycles. The first-order valence-corrected chi connectivity index (χ1v) is 8.83. The molecular weight excluding hydrogens is 350 g/mol. The molecule has 1 aromatic carbocycles. The Bertz CT molecular complexity index is 766. The third kappa shape index (κ3) is 3.96. The van der Waals surface area contributed by atoms with Gasteiger partial charge in [-0.25, -0.2) is 8.78 Å². The van der Waals surface area contributed by atoms with Crippen molar-refractivity contribution < 1.29 is 18.7 Å². The summed E-state index contributed by atoms with van der Waals surface area (Å²) in [5.41, 5.74) is 1.22. The van der Waals surface area contributed by atoms with Gasteiger partial charge in [-0.1, -0.05) is 17.7 Å². The average Bonchev–Trinajstić information content (AvgIpc) is 2.94. The second-order valence-corrected chi connectivity index (χ2v) is 7.01. The van der Waals surface area contributed by atoms with Crippen molar-refractivity contribution in [3.8, 4) is 0 Å². The highest BCUT2D eigenvalue weighted by atomic mass is 35.5. The highest BCUT2D eigenvalue weighted by Gasteiger charge is 2.34. The van der Waals surface area contributed by atoms with Gasteiger partial charge in [-0.05, 0) is 30.9 Å². The number of hydrogen-bond acceptors (Lipinski definition) is 2. The summed E-state index contributed by atoms with van der Waals surface area (Å²) in [5.74, 6) is -2.76. The van der Waals surface area contributed by atoms with Crippen molar-refractivity contribution in [3.05, 3.63) is 35.0 Å². The maximum atomic E-state index is 13.2. The van der Waals surface area contributed by atoms with Gasteiger partial charge in [0.1, 0.15) is 0 Å². The predicted molar refractivity (Wildman–Crippen MR) is 93.3 cm³/mol. The summed E-state index contributed by atoms with van der Waals surface area (Å²) in [7, 11) is 0. The number of alkyl halides is 2. The van der Waals surface area contributed by atoms with Gasteiger partial charge in [0.25, 0.3) is 5.91 Å². The van der Waals surface area contributed by atoms with Gasteiger partial charge in [0.15, 0.2) is 0 Å². The first-order chi connectivity index (χ1) is 11.9. The first kappa shape index (κ1) is 18.1. The molecule has 7 heteroatoms. The van der Waals surface area contributed by atoms with Crippen LogP contribution in [0.15, 0.2) is 24.4 Å². The van der Waals surface area contributed by atoms with E-state index in [1.807, 2.05) is 6.07 Å². The average molecular weight is 371 g/mol. The van der Waals surface area contributed by atoms with E-state index < -0.39 is 5.92 Å². The molecule has 0 atom stereocenters. The van der Waals surface area contributed by atoms with Gasteiger partial charge in [-0.2, -0.15) is 0 Å². The van der Waals surface area contributed by atoms with E-state index in [2.05, 4.69) is 5.32 Å². The fourth-order valence-corrected chi connectivity index (χ4v) is 3.68. The maximum absolute atomic E-state index is 13.2. The second kappa shape index (κ2) is 7.30. The third-order valence-corrected chi connectivity index (χ3v) is 5.14. The molecule has 1 heterocycles. The van der Waals surface area contributed by atoms with Gasteiger partial charge in [-0.3, -0.25) is 4.79 Å². The summed E-state index contributed by atoms with van der Waals surface area (Å²) < 4.78 is 28.2. The van der Waals surface area contributed by atoms with Crippen molar-refractivity contribution in [2.75, 3.05) is 13.2 Å². The molecule has 2 N–H and O–H groups in total. The summed E-state index contributed by atoms with van der Waals surface area (Å²) in [6, 6.07) is 5.35. The van der Waals surface area contributed by atoms with Crippen molar-refractivity contribution in [2.24, 2.45) is 5.92 Å². The molecule has 0 spiro atoms. The van der Waals surface area contributed by atoms with Crippen molar-refractivity contribution >= 4 is 28.4 Å². The lowest BCUT2D eigenvalue weighted by Gasteiger charge is -2.28. The zero-order valence-corrected chi connectivity index (χ0v) is 14.5. The minimum atomic E-state index is -2.56. The normalized spacial score (nSPS) is 17.8. The molecule has 1 fully saturated rings. The molecule has 1 aliphatic rings. The molecular formula is C18H21ClF2N2O2. The van der Waals surface area contributed by atoms with Crippen LogP contribution in [-0.2, 0) is 6.54 Å². The minimum Gasteiger partial charge on any atom is -0.395 e. The molecule has 3 rings (SSSR count). The van der Waals surface area contributed by atoms with Gasteiger partial charge in [0.2, 0.25) is 5.92 Å². The van der Waals surface area contributed by atoms with Crippen LogP contribution in [0.25, 0.3) is 10.9 Å². The lowest BCUT2D eigenvalue weighted by Crippen LogP contribution is -2.33. The number of fused-ring (bicyclic) bond motifs is 1. The fraction of sp³-hybridized carbons (Fsp3) is 0.500. The van der Waals surface area contributed by atoms with E-state index in [9.17, 15) is 18.7 Å². The summed E-state index contributed by atoms with van der Waals surface area (Å²) in [5, 5.41) is 13.2. The summed E-state index contributed by atoms with van der Waals surface area (Å²) in [4.78, 5) is 12.6. The predicted octanol–water partition coefficient (Wildman–Crippen LogP) is 3.84. The molecule has 1 saturated carbocycles. The molecule has 4 nitrogen and oxygen atoms in total. The number of nitrogens with zero attached hydrogens (tertiary/aromatic N) is 1. The smallest absolute Gasteiger partial charge is 0.253 e. The SMILES string of the molecule is O=C(NCC1CCC(F)(F)CC1)c1cn(CCO)c2cccc(Cl)c12. The van der Waals surface area contributed by atoms with Crippen LogP contribution < -0.4 is 5.32 Å². The minimum absolute atomic E-state index is 0.0480. The summed E-state index contributed by atoms with van der Waals surface area (Å²) in [6.45, 7) is 0.696. The number of aromatic nitrogens is 1. The molecule has 1 aliphatic carbocycles. The van der Waals surface area contributed by atoms with E-state index >= 15 is 0 Å². The number of carbonyl (C=O) groups is 1. The Kier molecular flexibility index (Phi) is 5.29.